The number of nitrogens with one attached hydrogen (secondary N) is 2. The van der Waals surface area contributed by atoms with Crippen molar-refractivity contribution < 1.29 is 23.4 Å². The van der Waals surface area contributed by atoms with Crippen molar-refractivity contribution in [1.82, 2.24) is 35.4 Å². The molecule has 3 aliphatic heterocycles. The van der Waals surface area contributed by atoms with Gasteiger partial charge in [-0.3, -0.25) is 15.0 Å². The van der Waals surface area contributed by atoms with Crippen LogP contribution < -0.4 is 15.0 Å². The summed E-state index contributed by atoms with van der Waals surface area (Å²) in [5.41, 5.74) is 1.55. The molecule has 3 atom stereocenters. The van der Waals surface area contributed by atoms with Crippen molar-refractivity contribution in [3.8, 4) is 17.3 Å². The maximum absolute atomic E-state index is 16.8. The third kappa shape index (κ3) is 6.16. The Bertz CT molecular complexity index is 1810. The molecule has 1 unspecified atom stereocenters. The molecule has 0 aliphatic carbocycles. The Hall–Kier alpha value is -3.81. The Morgan fingerprint density at radius 3 is 2.98 bits per heavy atom. The van der Waals surface area contributed by atoms with E-state index in [0.29, 0.717) is 77.2 Å². The van der Waals surface area contributed by atoms with Crippen LogP contribution in [0.15, 0.2) is 18.5 Å². The SMILES string of the molecule is CCCOC(=O)N[C@]1(C)CCCN(c2nc(OC[C@@H]3CCC4COCCN43)nc3c(F)c(-c4c(C)c(Cl)cc5[nH]ncc45)ncc23)C1. The van der Waals surface area contributed by atoms with Crippen molar-refractivity contribution >= 4 is 45.3 Å². The molecule has 1 aromatic carbocycles. The Morgan fingerprint density at radius 2 is 2.13 bits per heavy atom. The molecular formula is C33H40ClFN8O4. The predicted molar refractivity (Wildman–Crippen MR) is 177 cm³/mol. The Morgan fingerprint density at radius 1 is 1.26 bits per heavy atom. The van der Waals surface area contributed by atoms with Crippen molar-refractivity contribution in [2.75, 3.05) is 51.0 Å². The van der Waals surface area contributed by atoms with E-state index < -0.39 is 17.4 Å². The Labute approximate surface area is 277 Å². The van der Waals surface area contributed by atoms with Crippen LogP contribution in [0.4, 0.5) is 15.0 Å². The van der Waals surface area contributed by atoms with Crippen LogP contribution in [0.2, 0.25) is 5.02 Å². The van der Waals surface area contributed by atoms with Crippen molar-refractivity contribution in [3.05, 3.63) is 34.9 Å². The summed E-state index contributed by atoms with van der Waals surface area (Å²) in [4.78, 5) is 31.2. The van der Waals surface area contributed by atoms with Gasteiger partial charge in [-0.15, -0.1) is 0 Å². The fourth-order valence-corrected chi connectivity index (χ4v) is 7.47. The van der Waals surface area contributed by atoms with Crippen LogP contribution in [-0.2, 0) is 9.47 Å². The van der Waals surface area contributed by atoms with Gasteiger partial charge in [0.15, 0.2) is 5.82 Å². The molecule has 1 amide bonds. The van der Waals surface area contributed by atoms with Crippen LogP contribution in [0.3, 0.4) is 0 Å². The molecule has 47 heavy (non-hydrogen) atoms. The number of piperidine rings is 1. The number of halogens is 2. The van der Waals surface area contributed by atoms with E-state index in [4.69, 9.17) is 30.8 Å². The summed E-state index contributed by atoms with van der Waals surface area (Å²) in [5, 5.41) is 11.8. The summed E-state index contributed by atoms with van der Waals surface area (Å²) in [6.07, 6.45) is 7.10. The molecule has 0 spiro atoms. The van der Waals surface area contributed by atoms with E-state index >= 15 is 4.39 Å². The molecular weight excluding hydrogens is 627 g/mol. The highest BCUT2D eigenvalue weighted by molar-refractivity contribution is 6.32. The average Bonchev–Trinajstić information content (AvgIpc) is 3.70. The molecule has 0 saturated carbocycles. The molecule has 4 aromatic rings. The molecule has 2 N–H and O–H groups in total. The van der Waals surface area contributed by atoms with Gasteiger partial charge < -0.3 is 24.4 Å². The van der Waals surface area contributed by atoms with Gasteiger partial charge in [0.1, 0.15) is 23.6 Å². The summed E-state index contributed by atoms with van der Waals surface area (Å²) in [7, 11) is 0. The quantitative estimate of drug-likeness (QED) is 0.252. The van der Waals surface area contributed by atoms with Crippen LogP contribution in [0.5, 0.6) is 6.01 Å². The molecule has 3 aromatic heterocycles. The monoisotopic (exact) mass is 666 g/mol. The van der Waals surface area contributed by atoms with E-state index in [1.165, 1.54) is 0 Å². The number of aromatic nitrogens is 5. The van der Waals surface area contributed by atoms with Gasteiger partial charge in [-0.25, -0.2) is 9.18 Å². The number of alkyl carbamates (subject to hydrolysis) is 1. The molecule has 7 rings (SSSR count). The molecule has 3 saturated heterocycles. The van der Waals surface area contributed by atoms with E-state index in [1.807, 2.05) is 25.7 Å². The number of morpholine rings is 1. The summed E-state index contributed by atoms with van der Waals surface area (Å²) in [6.45, 7) is 9.87. The van der Waals surface area contributed by atoms with Crippen molar-refractivity contribution in [3.63, 3.8) is 0 Å². The van der Waals surface area contributed by atoms with Gasteiger partial charge in [-0.05, 0) is 57.6 Å². The second kappa shape index (κ2) is 13.0. The summed E-state index contributed by atoms with van der Waals surface area (Å²) in [5.74, 6) is -0.0939. The molecule has 6 heterocycles. The lowest BCUT2D eigenvalue weighted by Gasteiger charge is -2.41. The van der Waals surface area contributed by atoms with Crippen molar-refractivity contribution in [2.45, 2.75) is 70.5 Å². The number of hydrogen-bond acceptors (Lipinski definition) is 10. The average molecular weight is 667 g/mol. The van der Waals surface area contributed by atoms with E-state index in [9.17, 15) is 4.79 Å². The van der Waals surface area contributed by atoms with Gasteiger partial charge in [-0.1, -0.05) is 18.5 Å². The summed E-state index contributed by atoms with van der Waals surface area (Å²) >= 11 is 6.56. The molecule has 0 radical (unpaired) electrons. The Kier molecular flexibility index (Phi) is 8.79. The number of aromatic amines is 1. The predicted octanol–water partition coefficient (Wildman–Crippen LogP) is 5.41. The maximum atomic E-state index is 16.8. The fraction of sp³-hybridized carbons (Fsp3) is 0.545. The topological polar surface area (TPSA) is 131 Å². The van der Waals surface area contributed by atoms with Crippen LogP contribution in [0.1, 0.15) is 51.5 Å². The molecule has 12 nitrogen and oxygen atoms in total. The lowest BCUT2D eigenvalue weighted by Crippen LogP contribution is -2.57. The standard InChI is InChI=1S/C33H40ClFN8O4/c1-4-11-46-32(44)40-33(3)8-5-9-42(18-33)30-23-14-36-29(26-19(2)24(34)13-25-22(26)15-37-41-25)27(35)28(23)38-31(39-30)47-17-21-7-6-20-16-45-12-10-43(20)21/h13-15,20-21H,4-12,16-18H2,1-3H3,(H,37,41)(H,40,44)/t20?,21-,33+/m0/s1. The van der Waals surface area contributed by atoms with Gasteiger partial charge >= 0.3 is 12.1 Å². The van der Waals surface area contributed by atoms with E-state index in [0.717, 1.165) is 45.3 Å². The lowest BCUT2D eigenvalue weighted by molar-refractivity contribution is -0.0101. The number of carbonyl (C=O) groups excluding carboxylic acids is 1. The molecule has 14 heteroatoms. The summed E-state index contributed by atoms with van der Waals surface area (Å²) in [6, 6.07) is 2.46. The first-order valence-electron chi connectivity index (χ1n) is 16.4. The number of pyridine rings is 1. The van der Waals surface area contributed by atoms with Gasteiger partial charge in [-0.2, -0.15) is 15.1 Å². The number of anilines is 1. The second-order valence-corrected chi connectivity index (χ2v) is 13.5. The zero-order valence-corrected chi connectivity index (χ0v) is 27.7. The number of ether oxygens (including phenoxy) is 3. The first-order chi connectivity index (χ1) is 22.7. The van der Waals surface area contributed by atoms with Gasteiger partial charge in [0, 0.05) is 53.9 Å². The van der Waals surface area contributed by atoms with Crippen molar-refractivity contribution in [2.24, 2.45) is 0 Å². The highest BCUT2D eigenvalue weighted by atomic mass is 35.5. The van der Waals surface area contributed by atoms with Gasteiger partial charge in [0.2, 0.25) is 0 Å². The molecule has 3 aliphatic rings. The minimum Gasteiger partial charge on any atom is -0.462 e. The Balaban J connectivity index is 1.28. The second-order valence-electron chi connectivity index (χ2n) is 13.1. The zero-order chi connectivity index (χ0) is 32.7. The van der Waals surface area contributed by atoms with Gasteiger partial charge in [0.05, 0.1) is 42.5 Å². The minimum absolute atomic E-state index is 0.0964. The summed E-state index contributed by atoms with van der Waals surface area (Å²) < 4.78 is 34.1. The maximum Gasteiger partial charge on any atom is 0.407 e. The van der Waals surface area contributed by atoms with E-state index in [2.05, 4.69) is 30.4 Å². The first-order valence-corrected chi connectivity index (χ1v) is 16.8. The molecule has 0 bridgehead atoms. The highest BCUT2D eigenvalue weighted by Crippen LogP contribution is 2.39. The number of carbonyl (C=O) groups is 1. The number of H-pyrrole nitrogens is 1. The number of amides is 1. The van der Waals surface area contributed by atoms with Crippen LogP contribution in [0, 0.1) is 12.7 Å². The highest BCUT2D eigenvalue weighted by Gasteiger charge is 2.37. The normalized spacial score (nSPS) is 23.3. The molecule has 3 fully saturated rings. The van der Waals surface area contributed by atoms with Gasteiger partial charge in [0.25, 0.3) is 0 Å². The number of hydrogen-bond donors (Lipinski definition) is 2. The van der Waals surface area contributed by atoms with E-state index in [-0.39, 0.29) is 23.3 Å². The third-order valence-electron chi connectivity index (χ3n) is 9.64. The third-order valence-corrected chi connectivity index (χ3v) is 10.0. The lowest BCUT2D eigenvalue weighted by atomic mass is 9.91. The largest absolute Gasteiger partial charge is 0.462 e. The number of nitrogens with zero attached hydrogens (tertiary/aromatic N) is 6. The van der Waals surface area contributed by atoms with E-state index in [1.54, 1.807) is 18.5 Å². The number of fused-ring (bicyclic) bond motifs is 3. The van der Waals surface area contributed by atoms with Crippen molar-refractivity contribution in [1.29, 1.82) is 0 Å². The number of rotatable bonds is 8. The molecule has 250 valence electrons. The fourth-order valence-electron chi connectivity index (χ4n) is 7.27. The number of benzene rings is 1. The van der Waals surface area contributed by atoms with Crippen LogP contribution >= 0.6 is 11.6 Å². The van der Waals surface area contributed by atoms with Crippen LogP contribution in [-0.4, -0.2) is 99.8 Å². The smallest absolute Gasteiger partial charge is 0.407 e. The minimum atomic E-state index is -0.598. The zero-order valence-electron chi connectivity index (χ0n) is 26.9. The van der Waals surface area contributed by atoms with Crippen LogP contribution in [0.25, 0.3) is 33.1 Å². The first kappa shape index (κ1) is 31.8.